The number of carbonyl (C=O) groups excluding carboxylic acids is 1. The van der Waals surface area contributed by atoms with E-state index in [0.29, 0.717) is 11.3 Å². The van der Waals surface area contributed by atoms with Gasteiger partial charge in [0.15, 0.2) is 0 Å². The molecule has 0 aliphatic rings. The summed E-state index contributed by atoms with van der Waals surface area (Å²) in [5, 5.41) is 2.67. The predicted octanol–water partition coefficient (Wildman–Crippen LogP) is 0.489. The van der Waals surface area contributed by atoms with Crippen LogP contribution >= 0.6 is 0 Å². The molecular formula is C16H21N5O3S. The third kappa shape index (κ3) is 5.80. The van der Waals surface area contributed by atoms with Crippen molar-refractivity contribution >= 4 is 21.7 Å². The number of rotatable bonds is 7. The average molecular weight is 363 g/mol. The number of amides is 1. The summed E-state index contributed by atoms with van der Waals surface area (Å²) in [6, 6.07) is 7.03. The van der Waals surface area contributed by atoms with Crippen molar-refractivity contribution in [2.75, 3.05) is 38.3 Å². The van der Waals surface area contributed by atoms with Crippen molar-refractivity contribution in [2.45, 2.75) is 0 Å². The topological polar surface area (TPSA) is 104 Å². The summed E-state index contributed by atoms with van der Waals surface area (Å²) < 4.78 is 24.3. The van der Waals surface area contributed by atoms with Crippen LogP contribution in [-0.2, 0) is 10.0 Å². The van der Waals surface area contributed by atoms with E-state index in [1.54, 1.807) is 30.6 Å². The molecule has 2 rings (SSSR count). The van der Waals surface area contributed by atoms with Crippen molar-refractivity contribution in [3.8, 4) is 11.3 Å². The second kappa shape index (κ2) is 8.04. The van der Waals surface area contributed by atoms with Crippen LogP contribution in [-0.4, -0.2) is 57.7 Å². The van der Waals surface area contributed by atoms with Gasteiger partial charge < -0.3 is 10.2 Å². The molecule has 0 aliphatic carbocycles. The standard InChI is InChI=1S/C16H21N5O3S/c1-21(2)15-11-17-10-14(20-15)12-5-4-6-13(9-12)16(22)18-7-8-19-25(3,23)24/h4-6,9-11,19H,7-8H2,1-3H3,(H,18,22). The lowest BCUT2D eigenvalue weighted by atomic mass is 10.1. The highest BCUT2D eigenvalue weighted by atomic mass is 32.2. The minimum absolute atomic E-state index is 0.140. The molecule has 0 unspecified atom stereocenters. The summed E-state index contributed by atoms with van der Waals surface area (Å²) in [7, 11) is 0.493. The van der Waals surface area contributed by atoms with Crippen molar-refractivity contribution in [3.63, 3.8) is 0 Å². The van der Waals surface area contributed by atoms with Gasteiger partial charge in [-0.25, -0.2) is 18.1 Å². The first kappa shape index (κ1) is 18.8. The molecule has 0 spiro atoms. The van der Waals surface area contributed by atoms with Gasteiger partial charge in [0.05, 0.1) is 24.3 Å². The minimum atomic E-state index is -3.26. The average Bonchev–Trinajstić information content (AvgIpc) is 2.58. The SMILES string of the molecule is CN(C)c1cncc(-c2cccc(C(=O)NCCNS(C)(=O)=O)c2)n1. The molecule has 25 heavy (non-hydrogen) atoms. The number of nitrogens with zero attached hydrogens (tertiary/aromatic N) is 3. The smallest absolute Gasteiger partial charge is 0.251 e. The van der Waals surface area contributed by atoms with Crippen LogP contribution in [0.25, 0.3) is 11.3 Å². The second-order valence-electron chi connectivity index (χ2n) is 5.66. The Kier molecular flexibility index (Phi) is 6.05. The molecule has 9 heteroatoms. The van der Waals surface area contributed by atoms with Crippen molar-refractivity contribution in [1.82, 2.24) is 20.0 Å². The minimum Gasteiger partial charge on any atom is -0.361 e. The normalized spacial score (nSPS) is 11.2. The first-order valence-corrected chi connectivity index (χ1v) is 9.48. The zero-order chi connectivity index (χ0) is 18.4. The van der Waals surface area contributed by atoms with E-state index in [9.17, 15) is 13.2 Å². The Morgan fingerprint density at radius 2 is 1.96 bits per heavy atom. The summed E-state index contributed by atoms with van der Waals surface area (Å²) in [5.41, 5.74) is 1.91. The molecule has 0 fully saturated rings. The van der Waals surface area contributed by atoms with Gasteiger partial charge in [-0.15, -0.1) is 0 Å². The Morgan fingerprint density at radius 1 is 1.20 bits per heavy atom. The highest BCUT2D eigenvalue weighted by Crippen LogP contribution is 2.19. The number of anilines is 1. The van der Waals surface area contributed by atoms with Crippen LogP contribution in [0.2, 0.25) is 0 Å². The van der Waals surface area contributed by atoms with E-state index >= 15 is 0 Å². The lowest BCUT2D eigenvalue weighted by Gasteiger charge is -2.12. The number of hydrogen-bond acceptors (Lipinski definition) is 6. The highest BCUT2D eigenvalue weighted by Gasteiger charge is 2.09. The number of benzene rings is 1. The van der Waals surface area contributed by atoms with E-state index in [1.807, 2.05) is 25.1 Å². The van der Waals surface area contributed by atoms with Gasteiger partial charge in [-0.05, 0) is 12.1 Å². The third-order valence-electron chi connectivity index (χ3n) is 3.28. The van der Waals surface area contributed by atoms with Gasteiger partial charge in [0.1, 0.15) is 5.82 Å². The molecule has 0 saturated heterocycles. The monoisotopic (exact) mass is 363 g/mol. The quantitative estimate of drug-likeness (QED) is 0.694. The number of nitrogens with one attached hydrogen (secondary N) is 2. The Balaban J connectivity index is 2.08. The van der Waals surface area contributed by atoms with Gasteiger partial charge in [0, 0.05) is 38.3 Å². The third-order valence-corrected chi connectivity index (χ3v) is 4.00. The molecule has 0 saturated carbocycles. The first-order chi connectivity index (χ1) is 11.8. The van der Waals surface area contributed by atoms with E-state index < -0.39 is 10.0 Å². The molecule has 0 aliphatic heterocycles. The van der Waals surface area contributed by atoms with Gasteiger partial charge in [0.25, 0.3) is 5.91 Å². The zero-order valence-electron chi connectivity index (χ0n) is 14.4. The summed E-state index contributed by atoms with van der Waals surface area (Å²) in [6.07, 6.45) is 4.37. The maximum Gasteiger partial charge on any atom is 0.251 e. The molecule has 2 N–H and O–H groups in total. The summed E-state index contributed by atoms with van der Waals surface area (Å²) >= 11 is 0. The molecule has 1 amide bonds. The van der Waals surface area contributed by atoms with Gasteiger partial charge in [-0.3, -0.25) is 9.78 Å². The van der Waals surface area contributed by atoms with Crippen LogP contribution in [0.15, 0.2) is 36.7 Å². The molecular weight excluding hydrogens is 342 g/mol. The number of aromatic nitrogens is 2. The van der Waals surface area contributed by atoms with Crippen molar-refractivity contribution in [1.29, 1.82) is 0 Å². The summed E-state index contributed by atoms with van der Waals surface area (Å²) in [6.45, 7) is 0.340. The van der Waals surface area contributed by atoms with Crippen molar-refractivity contribution in [2.24, 2.45) is 0 Å². The Bertz CT molecular complexity index is 852. The molecule has 134 valence electrons. The fourth-order valence-corrected chi connectivity index (χ4v) is 2.52. The maximum absolute atomic E-state index is 12.2. The molecule has 2 aromatic rings. The van der Waals surface area contributed by atoms with E-state index in [-0.39, 0.29) is 19.0 Å². The van der Waals surface area contributed by atoms with Gasteiger partial charge in [-0.2, -0.15) is 0 Å². The van der Waals surface area contributed by atoms with Crippen LogP contribution in [0, 0.1) is 0 Å². The van der Waals surface area contributed by atoms with Crippen LogP contribution < -0.4 is 14.9 Å². The highest BCUT2D eigenvalue weighted by molar-refractivity contribution is 7.88. The van der Waals surface area contributed by atoms with Crippen LogP contribution in [0.1, 0.15) is 10.4 Å². The first-order valence-electron chi connectivity index (χ1n) is 7.59. The Morgan fingerprint density at radius 3 is 2.64 bits per heavy atom. The van der Waals surface area contributed by atoms with Crippen LogP contribution in [0.3, 0.4) is 0 Å². The van der Waals surface area contributed by atoms with E-state index in [4.69, 9.17) is 0 Å². The molecule has 1 heterocycles. The largest absolute Gasteiger partial charge is 0.361 e. The maximum atomic E-state index is 12.2. The Hall–Kier alpha value is -2.52. The zero-order valence-corrected chi connectivity index (χ0v) is 15.2. The number of sulfonamides is 1. The lowest BCUT2D eigenvalue weighted by molar-refractivity contribution is 0.0954. The van der Waals surface area contributed by atoms with Crippen molar-refractivity contribution < 1.29 is 13.2 Å². The van der Waals surface area contributed by atoms with E-state index in [0.717, 1.165) is 17.6 Å². The molecule has 8 nitrogen and oxygen atoms in total. The molecule has 1 aromatic heterocycles. The fourth-order valence-electron chi connectivity index (χ4n) is 2.04. The summed E-state index contributed by atoms with van der Waals surface area (Å²) in [5.74, 6) is 0.438. The van der Waals surface area contributed by atoms with Crippen LogP contribution in [0.5, 0.6) is 0 Å². The van der Waals surface area contributed by atoms with Crippen molar-refractivity contribution in [3.05, 3.63) is 42.2 Å². The molecule has 0 atom stereocenters. The molecule has 1 aromatic carbocycles. The number of hydrogen-bond donors (Lipinski definition) is 2. The molecule has 0 bridgehead atoms. The fraction of sp³-hybridized carbons (Fsp3) is 0.312. The predicted molar refractivity (Wildman–Crippen MR) is 97.0 cm³/mol. The lowest BCUT2D eigenvalue weighted by Crippen LogP contribution is -2.34. The van der Waals surface area contributed by atoms with Gasteiger partial charge in [-0.1, -0.05) is 12.1 Å². The molecule has 0 radical (unpaired) electrons. The van der Waals surface area contributed by atoms with Gasteiger partial charge >= 0.3 is 0 Å². The second-order valence-corrected chi connectivity index (χ2v) is 7.49. The van der Waals surface area contributed by atoms with E-state index in [2.05, 4.69) is 20.0 Å². The number of carbonyl (C=O) groups is 1. The van der Waals surface area contributed by atoms with Crippen LogP contribution in [0.4, 0.5) is 5.82 Å². The Labute approximate surface area is 147 Å². The van der Waals surface area contributed by atoms with Gasteiger partial charge in [0.2, 0.25) is 10.0 Å². The van der Waals surface area contributed by atoms with E-state index in [1.165, 1.54) is 0 Å². The summed E-state index contributed by atoms with van der Waals surface area (Å²) in [4.78, 5) is 22.7.